The molecule has 0 fully saturated rings. The van der Waals surface area contributed by atoms with Gasteiger partial charge in [-0.2, -0.15) is 0 Å². The number of nitro benzene ring substituents is 1. The van der Waals surface area contributed by atoms with Crippen molar-refractivity contribution in [3.63, 3.8) is 0 Å². The number of carbonyl (C=O) groups is 1. The number of ether oxygens (including phenoxy) is 1. The maximum atomic E-state index is 11.6. The number of anilines is 1. The average molecular weight is 376 g/mol. The zero-order chi connectivity index (χ0) is 20.1. The summed E-state index contributed by atoms with van der Waals surface area (Å²) in [6.45, 7) is 1.39. The molecular weight excluding hydrogens is 356 g/mol. The highest BCUT2D eigenvalue weighted by Gasteiger charge is 2.21. The Morgan fingerprint density at radius 3 is 2.21 bits per heavy atom. The summed E-state index contributed by atoms with van der Waals surface area (Å²) in [7, 11) is 1.60. The number of Topliss-reactive ketones (excluding diaryl/α,β-unsaturated/α-hetero) is 1. The molecule has 3 aromatic carbocycles. The molecule has 6 heteroatoms. The van der Waals surface area contributed by atoms with Gasteiger partial charge in [0.15, 0.2) is 5.78 Å². The number of hydrogen-bond donors (Lipinski definition) is 1. The van der Waals surface area contributed by atoms with Crippen LogP contribution in [0.2, 0.25) is 0 Å². The maximum absolute atomic E-state index is 11.6. The minimum absolute atomic E-state index is 0.137. The summed E-state index contributed by atoms with van der Waals surface area (Å²) in [5.74, 6) is 0.511. The number of nitro groups is 1. The minimum Gasteiger partial charge on any atom is -0.497 e. The fraction of sp³-hybridized carbons (Fsp3) is 0.136. The molecule has 1 atom stereocenters. The van der Waals surface area contributed by atoms with E-state index in [0.29, 0.717) is 11.3 Å². The van der Waals surface area contributed by atoms with Crippen LogP contribution >= 0.6 is 0 Å². The summed E-state index contributed by atoms with van der Waals surface area (Å²) in [5, 5.41) is 14.8. The van der Waals surface area contributed by atoms with E-state index in [0.717, 1.165) is 16.9 Å². The molecule has 0 aromatic heterocycles. The third-order valence-electron chi connectivity index (χ3n) is 4.48. The van der Waals surface area contributed by atoms with E-state index < -0.39 is 4.92 Å². The molecule has 0 amide bonds. The van der Waals surface area contributed by atoms with Crippen LogP contribution in [0.3, 0.4) is 0 Å². The lowest BCUT2D eigenvalue weighted by Gasteiger charge is -2.21. The zero-order valence-electron chi connectivity index (χ0n) is 15.6. The Kier molecular flexibility index (Phi) is 5.69. The average Bonchev–Trinajstić information content (AvgIpc) is 2.72. The SMILES string of the molecule is COc1ccc([C@@H](Nc2ccc(C(C)=O)cc2[N+](=O)[O-])c2ccccc2)cc1. The molecule has 0 saturated carbocycles. The van der Waals surface area contributed by atoms with Crippen molar-refractivity contribution >= 4 is 17.2 Å². The van der Waals surface area contributed by atoms with Gasteiger partial charge in [0.05, 0.1) is 18.1 Å². The Morgan fingerprint density at radius 2 is 1.64 bits per heavy atom. The summed E-state index contributed by atoms with van der Waals surface area (Å²) in [5.41, 5.74) is 2.40. The van der Waals surface area contributed by atoms with E-state index >= 15 is 0 Å². The summed E-state index contributed by atoms with van der Waals surface area (Å²) < 4.78 is 5.22. The normalized spacial score (nSPS) is 11.5. The number of hydrogen-bond acceptors (Lipinski definition) is 5. The van der Waals surface area contributed by atoms with Crippen molar-refractivity contribution in [1.29, 1.82) is 0 Å². The van der Waals surface area contributed by atoms with Crippen LogP contribution in [0.4, 0.5) is 11.4 Å². The molecule has 0 heterocycles. The molecule has 0 bridgehead atoms. The van der Waals surface area contributed by atoms with Gasteiger partial charge in [0.2, 0.25) is 0 Å². The van der Waals surface area contributed by atoms with E-state index in [4.69, 9.17) is 4.74 Å². The predicted octanol–water partition coefficient (Wildman–Crippen LogP) is 5.01. The first-order valence-corrected chi connectivity index (χ1v) is 8.74. The second kappa shape index (κ2) is 8.35. The molecule has 3 aromatic rings. The van der Waals surface area contributed by atoms with Crippen LogP contribution in [-0.2, 0) is 0 Å². The van der Waals surface area contributed by atoms with Crippen LogP contribution in [0.5, 0.6) is 5.75 Å². The van der Waals surface area contributed by atoms with Crippen molar-refractivity contribution in [2.24, 2.45) is 0 Å². The van der Waals surface area contributed by atoms with E-state index in [-0.39, 0.29) is 17.5 Å². The fourth-order valence-corrected chi connectivity index (χ4v) is 2.98. The molecule has 0 saturated heterocycles. The van der Waals surface area contributed by atoms with E-state index in [1.54, 1.807) is 19.2 Å². The van der Waals surface area contributed by atoms with Crippen LogP contribution in [0.25, 0.3) is 0 Å². The second-order valence-electron chi connectivity index (χ2n) is 6.31. The van der Waals surface area contributed by atoms with E-state index in [1.165, 1.54) is 13.0 Å². The summed E-state index contributed by atoms with van der Waals surface area (Å²) in [6, 6.07) is 21.4. The van der Waals surface area contributed by atoms with Crippen molar-refractivity contribution in [3.05, 3.63) is 99.6 Å². The van der Waals surface area contributed by atoms with Crippen LogP contribution < -0.4 is 10.1 Å². The molecule has 1 N–H and O–H groups in total. The van der Waals surface area contributed by atoms with Gasteiger partial charge >= 0.3 is 0 Å². The highest BCUT2D eigenvalue weighted by molar-refractivity contribution is 5.95. The van der Waals surface area contributed by atoms with Crippen molar-refractivity contribution in [1.82, 2.24) is 0 Å². The first-order chi connectivity index (χ1) is 13.5. The van der Waals surface area contributed by atoms with Gasteiger partial charge in [-0.25, -0.2) is 0 Å². The van der Waals surface area contributed by atoms with Gasteiger partial charge in [-0.3, -0.25) is 14.9 Å². The highest BCUT2D eigenvalue weighted by atomic mass is 16.6. The van der Waals surface area contributed by atoms with Crippen molar-refractivity contribution in [2.75, 3.05) is 12.4 Å². The van der Waals surface area contributed by atoms with Gasteiger partial charge in [-0.15, -0.1) is 0 Å². The Hall–Kier alpha value is -3.67. The molecule has 3 rings (SSSR count). The molecule has 0 aliphatic rings. The van der Waals surface area contributed by atoms with Crippen molar-refractivity contribution < 1.29 is 14.5 Å². The Bertz CT molecular complexity index is 985. The molecule has 0 aliphatic heterocycles. The number of nitrogens with zero attached hydrogens (tertiary/aromatic N) is 1. The van der Waals surface area contributed by atoms with Crippen LogP contribution in [0, 0.1) is 10.1 Å². The highest BCUT2D eigenvalue weighted by Crippen LogP contribution is 2.33. The van der Waals surface area contributed by atoms with Crippen LogP contribution in [-0.4, -0.2) is 17.8 Å². The van der Waals surface area contributed by atoms with Gasteiger partial charge in [0.1, 0.15) is 11.4 Å². The monoisotopic (exact) mass is 376 g/mol. The Balaban J connectivity index is 2.04. The topological polar surface area (TPSA) is 81.5 Å². The number of rotatable bonds is 7. The molecule has 0 aliphatic carbocycles. The Labute approximate surface area is 162 Å². The fourth-order valence-electron chi connectivity index (χ4n) is 2.98. The van der Waals surface area contributed by atoms with Gasteiger partial charge in [0, 0.05) is 11.6 Å². The molecular formula is C22H20N2O4. The van der Waals surface area contributed by atoms with Gasteiger partial charge in [-0.1, -0.05) is 42.5 Å². The lowest BCUT2D eigenvalue weighted by atomic mass is 9.98. The Morgan fingerprint density at radius 1 is 1.00 bits per heavy atom. The van der Waals surface area contributed by atoms with Gasteiger partial charge in [0.25, 0.3) is 5.69 Å². The molecule has 0 unspecified atom stereocenters. The zero-order valence-corrected chi connectivity index (χ0v) is 15.6. The van der Waals surface area contributed by atoms with Gasteiger partial charge in [-0.05, 0) is 42.3 Å². The first kappa shape index (κ1) is 19.1. The molecule has 28 heavy (non-hydrogen) atoms. The largest absolute Gasteiger partial charge is 0.497 e. The molecule has 0 radical (unpaired) electrons. The third kappa shape index (κ3) is 4.17. The number of nitrogens with one attached hydrogen (secondary N) is 1. The lowest BCUT2D eigenvalue weighted by Crippen LogP contribution is -2.13. The van der Waals surface area contributed by atoms with Gasteiger partial charge < -0.3 is 10.1 Å². The van der Waals surface area contributed by atoms with E-state index in [9.17, 15) is 14.9 Å². The van der Waals surface area contributed by atoms with Crippen LogP contribution in [0.15, 0.2) is 72.8 Å². The number of benzene rings is 3. The molecule has 142 valence electrons. The second-order valence-corrected chi connectivity index (χ2v) is 6.31. The van der Waals surface area contributed by atoms with E-state index in [2.05, 4.69) is 5.32 Å². The summed E-state index contributed by atoms with van der Waals surface area (Å²) in [6.07, 6.45) is 0. The number of carbonyl (C=O) groups excluding carboxylic acids is 1. The van der Waals surface area contributed by atoms with E-state index in [1.807, 2.05) is 54.6 Å². The van der Waals surface area contributed by atoms with Crippen LogP contribution in [0.1, 0.15) is 34.5 Å². The van der Waals surface area contributed by atoms with Crippen molar-refractivity contribution in [2.45, 2.75) is 13.0 Å². The molecule has 6 nitrogen and oxygen atoms in total. The third-order valence-corrected chi connectivity index (χ3v) is 4.48. The minimum atomic E-state index is -0.481. The molecule has 0 spiro atoms. The summed E-state index contributed by atoms with van der Waals surface area (Å²) >= 11 is 0. The standard InChI is InChI=1S/C22H20N2O4/c1-15(25)18-10-13-20(21(14-18)24(26)27)23-22(16-6-4-3-5-7-16)17-8-11-19(28-2)12-9-17/h3-14,22-23H,1-2H3/t22-/m0/s1. The number of methoxy groups -OCH3 is 1. The summed E-state index contributed by atoms with van der Waals surface area (Å²) in [4.78, 5) is 22.7. The maximum Gasteiger partial charge on any atom is 0.293 e. The quantitative estimate of drug-likeness (QED) is 0.356. The first-order valence-electron chi connectivity index (χ1n) is 8.74. The number of ketones is 1. The predicted molar refractivity (Wildman–Crippen MR) is 108 cm³/mol. The van der Waals surface area contributed by atoms with Crippen molar-refractivity contribution in [3.8, 4) is 5.75 Å². The lowest BCUT2D eigenvalue weighted by molar-refractivity contribution is -0.384. The smallest absolute Gasteiger partial charge is 0.293 e.